The Morgan fingerprint density at radius 3 is 2.52 bits per heavy atom. The average molecular weight is 289 g/mol. The average Bonchev–Trinajstić information content (AvgIpc) is 2.47. The second-order valence-electron chi connectivity index (χ2n) is 4.26. The molecule has 0 heterocycles. The van der Waals surface area contributed by atoms with Gasteiger partial charge in [-0.3, -0.25) is 14.9 Å². The molecule has 0 aliphatic rings. The van der Waals surface area contributed by atoms with Crippen LogP contribution in [0.2, 0.25) is 0 Å². The normalized spacial score (nSPS) is 10.1. The summed E-state index contributed by atoms with van der Waals surface area (Å²) < 4.78 is 18.6. The zero-order valence-corrected chi connectivity index (χ0v) is 11.0. The Kier molecular flexibility index (Phi) is 4.61. The van der Waals surface area contributed by atoms with E-state index in [0.29, 0.717) is 5.56 Å². The second-order valence-corrected chi connectivity index (χ2v) is 4.26. The molecule has 0 radical (unpaired) electrons. The van der Waals surface area contributed by atoms with Crippen LogP contribution < -0.4 is 4.74 Å². The standard InChI is InChI=1S/C15H12FNO4/c16-13-10-12(6-7-14(13)17(19)20)21-9-8-15(18)11-4-2-1-3-5-11/h1-7,10H,8-9H2. The second kappa shape index (κ2) is 6.60. The highest BCUT2D eigenvalue weighted by molar-refractivity contribution is 5.96. The van der Waals surface area contributed by atoms with E-state index in [-0.39, 0.29) is 24.6 Å². The van der Waals surface area contributed by atoms with Gasteiger partial charge in [-0.25, -0.2) is 0 Å². The summed E-state index contributed by atoms with van der Waals surface area (Å²) in [7, 11) is 0. The molecule has 0 fully saturated rings. The highest BCUT2D eigenvalue weighted by atomic mass is 19.1. The van der Waals surface area contributed by atoms with E-state index in [2.05, 4.69) is 0 Å². The monoisotopic (exact) mass is 289 g/mol. The Labute approximate surface area is 120 Å². The molecular weight excluding hydrogens is 277 g/mol. The molecule has 5 nitrogen and oxygen atoms in total. The lowest BCUT2D eigenvalue weighted by Crippen LogP contribution is -2.06. The van der Waals surface area contributed by atoms with E-state index in [1.54, 1.807) is 24.3 Å². The van der Waals surface area contributed by atoms with Crippen molar-refractivity contribution in [1.29, 1.82) is 0 Å². The predicted octanol–water partition coefficient (Wildman–Crippen LogP) is 3.39. The lowest BCUT2D eigenvalue weighted by Gasteiger charge is -2.06. The predicted molar refractivity (Wildman–Crippen MR) is 73.9 cm³/mol. The molecule has 0 saturated carbocycles. The molecule has 2 aromatic carbocycles. The number of benzene rings is 2. The van der Waals surface area contributed by atoms with Gasteiger partial charge in [-0.1, -0.05) is 30.3 Å². The van der Waals surface area contributed by atoms with Crippen molar-refractivity contribution in [2.45, 2.75) is 6.42 Å². The van der Waals surface area contributed by atoms with Crippen LogP contribution in [-0.2, 0) is 0 Å². The molecule has 0 aromatic heterocycles. The number of carbonyl (C=O) groups excluding carboxylic acids is 1. The molecule has 0 aliphatic heterocycles. The largest absolute Gasteiger partial charge is 0.493 e. The number of nitro groups is 1. The molecule has 6 heteroatoms. The summed E-state index contributed by atoms with van der Waals surface area (Å²) in [5.74, 6) is -0.899. The number of nitro benzene ring substituents is 1. The Balaban J connectivity index is 1.91. The maximum absolute atomic E-state index is 13.4. The Morgan fingerprint density at radius 1 is 1.19 bits per heavy atom. The van der Waals surface area contributed by atoms with Crippen LogP contribution in [0, 0.1) is 15.9 Å². The van der Waals surface area contributed by atoms with Crippen LogP contribution in [0.4, 0.5) is 10.1 Å². The zero-order valence-electron chi connectivity index (χ0n) is 11.0. The minimum absolute atomic E-state index is 0.0744. The van der Waals surface area contributed by atoms with Crippen LogP contribution in [-0.4, -0.2) is 17.3 Å². The first-order valence-electron chi connectivity index (χ1n) is 6.23. The summed E-state index contributed by atoms with van der Waals surface area (Å²) in [6.07, 6.45) is 0.141. The number of rotatable bonds is 6. The summed E-state index contributed by atoms with van der Waals surface area (Å²) in [6, 6.07) is 12.0. The van der Waals surface area contributed by atoms with E-state index in [9.17, 15) is 19.3 Å². The van der Waals surface area contributed by atoms with Crippen molar-refractivity contribution in [1.82, 2.24) is 0 Å². The fourth-order valence-corrected chi connectivity index (χ4v) is 1.76. The Bertz CT molecular complexity index is 658. The van der Waals surface area contributed by atoms with Gasteiger partial charge in [0.15, 0.2) is 5.78 Å². The fraction of sp³-hybridized carbons (Fsp3) is 0.133. The maximum Gasteiger partial charge on any atom is 0.305 e. The van der Waals surface area contributed by atoms with Crippen LogP contribution in [0.1, 0.15) is 16.8 Å². The number of hydrogen-bond acceptors (Lipinski definition) is 4. The van der Waals surface area contributed by atoms with Gasteiger partial charge in [-0.2, -0.15) is 4.39 Å². The summed E-state index contributed by atoms with van der Waals surface area (Å²) in [5, 5.41) is 10.5. The van der Waals surface area contributed by atoms with E-state index in [1.807, 2.05) is 6.07 Å². The van der Waals surface area contributed by atoms with Crippen LogP contribution in [0.5, 0.6) is 5.75 Å². The summed E-state index contributed by atoms with van der Waals surface area (Å²) in [4.78, 5) is 21.5. The fourth-order valence-electron chi connectivity index (χ4n) is 1.76. The molecule has 0 saturated heterocycles. The molecule has 2 aromatic rings. The number of halogens is 1. The minimum Gasteiger partial charge on any atom is -0.493 e. The molecule has 0 atom stereocenters. The van der Waals surface area contributed by atoms with Gasteiger partial charge in [0.05, 0.1) is 11.5 Å². The van der Waals surface area contributed by atoms with E-state index >= 15 is 0 Å². The lowest BCUT2D eigenvalue weighted by molar-refractivity contribution is -0.387. The van der Waals surface area contributed by atoms with Gasteiger partial charge in [0.25, 0.3) is 0 Å². The first kappa shape index (κ1) is 14.6. The molecule has 0 bridgehead atoms. The number of nitrogens with zero attached hydrogens (tertiary/aromatic N) is 1. The molecule has 21 heavy (non-hydrogen) atoms. The Morgan fingerprint density at radius 2 is 1.90 bits per heavy atom. The van der Waals surface area contributed by atoms with Gasteiger partial charge >= 0.3 is 5.69 Å². The van der Waals surface area contributed by atoms with Gasteiger partial charge in [0.1, 0.15) is 5.75 Å². The van der Waals surface area contributed by atoms with Gasteiger partial charge in [0, 0.05) is 24.1 Å². The first-order valence-corrected chi connectivity index (χ1v) is 6.23. The maximum atomic E-state index is 13.4. The molecule has 0 spiro atoms. The van der Waals surface area contributed by atoms with E-state index in [1.165, 1.54) is 6.07 Å². The first-order chi connectivity index (χ1) is 10.1. The van der Waals surface area contributed by atoms with Crippen molar-refractivity contribution < 1.29 is 18.8 Å². The smallest absolute Gasteiger partial charge is 0.305 e. The van der Waals surface area contributed by atoms with Crippen molar-refractivity contribution in [2.24, 2.45) is 0 Å². The van der Waals surface area contributed by atoms with Crippen molar-refractivity contribution in [2.75, 3.05) is 6.61 Å². The minimum atomic E-state index is -0.966. The van der Waals surface area contributed by atoms with Gasteiger partial charge in [0.2, 0.25) is 5.82 Å². The molecular formula is C15H12FNO4. The van der Waals surface area contributed by atoms with E-state index in [4.69, 9.17) is 4.74 Å². The van der Waals surface area contributed by atoms with Crippen molar-refractivity contribution in [3.05, 3.63) is 70.0 Å². The molecule has 0 N–H and O–H groups in total. The Hall–Kier alpha value is -2.76. The summed E-state index contributed by atoms with van der Waals surface area (Å²) in [6.45, 7) is 0.0744. The van der Waals surface area contributed by atoms with Gasteiger partial charge in [-0.05, 0) is 6.07 Å². The van der Waals surface area contributed by atoms with Crippen molar-refractivity contribution in [3.63, 3.8) is 0 Å². The quantitative estimate of drug-likeness (QED) is 0.464. The van der Waals surface area contributed by atoms with E-state index in [0.717, 1.165) is 12.1 Å². The van der Waals surface area contributed by atoms with Gasteiger partial charge in [-0.15, -0.1) is 0 Å². The summed E-state index contributed by atoms with van der Waals surface area (Å²) in [5.41, 5.74) is -0.0290. The van der Waals surface area contributed by atoms with E-state index < -0.39 is 16.4 Å². The number of ether oxygens (including phenoxy) is 1. The lowest BCUT2D eigenvalue weighted by atomic mass is 10.1. The van der Waals surface area contributed by atoms with Crippen LogP contribution in [0.3, 0.4) is 0 Å². The molecule has 0 aliphatic carbocycles. The van der Waals surface area contributed by atoms with Crippen LogP contribution in [0.25, 0.3) is 0 Å². The topological polar surface area (TPSA) is 69.4 Å². The van der Waals surface area contributed by atoms with Crippen LogP contribution in [0.15, 0.2) is 48.5 Å². The summed E-state index contributed by atoms with van der Waals surface area (Å²) >= 11 is 0. The number of hydrogen-bond donors (Lipinski definition) is 0. The van der Waals surface area contributed by atoms with Crippen LogP contribution >= 0.6 is 0 Å². The molecule has 2 rings (SSSR count). The SMILES string of the molecule is O=C(CCOc1ccc([N+](=O)[O-])c(F)c1)c1ccccc1. The number of carbonyl (C=O) groups is 1. The number of Topliss-reactive ketones (excluding diaryl/α,β-unsaturated/α-hetero) is 1. The molecule has 108 valence electrons. The number of ketones is 1. The third-order valence-electron chi connectivity index (χ3n) is 2.81. The van der Waals surface area contributed by atoms with Gasteiger partial charge < -0.3 is 4.74 Å². The zero-order chi connectivity index (χ0) is 15.2. The third-order valence-corrected chi connectivity index (χ3v) is 2.81. The molecule has 0 unspecified atom stereocenters. The van der Waals surface area contributed by atoms with Crippen molar-refractivity contribution >= 4 is 11.5 Å². The third kappa shape index (κ3) is 3.85. The highest BCUT2D eigenvalue weighted by Crippen LogP contribution is 2.22. The highest BCUT2D eigenvalue weighted by Gasteiger charge is 2.14. The molecule has 0 amide bonds. The van der Waals surface area contributed by atoms with Crippen molar-refractivity contribution in [3.8, 4) is 5.75 Å².